The van der Waals surface area contributed by atoms with Gasteiger partial charge >= 0.3 is 0 Å². The summed E-state index contributed by atoms with van der Waals surface area (Å²) >= 11 is 1.70. The van der Waals surface area contributed by atoms with Crippen molar-refractivity contribution in [3.05, 3.63) is 65.5 Å². The minimum Gasteiger partial charge on any atom is -0.490 e. The van der Waals surface area contributed by atoms with Crippen LogP contribution < -0.4 is 4.74 Å². The second-order valence-corrected chi connectivity index (χ2v) is 9.07. The van der Waals surface area contributed by atoms with Crippen molar-refractivity contribution in [2.45, 2.75) is 24.9 Å². The summed E-state index contributed by atoms with van der Waals surface area (Å²) in [5.41, 5.74) is 0.785. The number of hydrogen-bond donors (Lipinski definition) is 1. The fraction of sp³-hybridized carbons (Fsp3) is 0.333. The molecule has 1 N–H and O–H groups in total. The number of rotatable bonds is 6. The number of furan rings is 1. The van der Waals surface area contributed by atoms with Gasteiger partial charge in [0.2, 0.25) is 0 Å². The van der Waals surface area contributed by atoms with Crippen LogP contribution in [-0.2, 0) is 0 Å². The molecular weight excluding hydrogens is 401 g/mol. The van der Waals surface area contributed by atoms with Crippen molar-refractivity contribution >= 4 is 32.4 Å². The first-order valence-electron chi connectivity index (χ1n) is 10.3. The van der Waals surface area contributed by atoms with Gasteiger partial charge in [-0.1, -0.05) is 12.1 Å². The molecule has 2 aromatic carbocycles. The van der Waals surface area contributed by atoms with Crippen molar-refractivity contribution in [1.82, 2.24) is 4.90 Å². The Morgan fingerprint density at radius 3 is 2.90 bits per heavy atom. The highest BCUT2D eigenvalue weighted by molar-refractivity contribution is 7.19. The predicted molar refractivity (Wildman–Crippen MR) is 118 cm³/mol. The Morgan fingerprint density at radius 1 is 1.17 bits per heavy atom. The number of β-amino-alcohol motifs (C(OH)–C–C–N with tert-alkyl or cyclic N) is 1. The van der Waals surface area contributed by atoms with Crippen molar-refractivity contribution in [2.24, 2.45) is 0 Å². The van der Waals surface area contributed by atoms with E-state index in [9.17, 15) is 9.50 Å². The van der Waals surface area contributed by atoms with Gasteiger partial charge in [-0.3, -0.25) is 0 Å². The van der Waals surface area contributed by atoms with Crippen LogP contribution in [-0.4, -0.2) is 42.4 Å². The number of aliphatic hydroxyl groups excluding tert-OH is 1. The second-order valence-electron chi connectivity index (χ2n) is 7.96. The highest BCUT2D eigenvalue weighted by atomic mass is 32.1. The summed E-state index contributed by atoms with van der Waals surface area (Å²) in [7, 11) is 0. The van der Waals surface area contributed by atoms with Crippen molar-refractivity contribution in [1.29, 1.82) is 0 Å². The fourth-order valence-electron chi connectivity index (χ4n) is 4.26. The van der Waals surface area contributed by atoms with E-state index in [2.05, 4.69) is 11.0 Å². The Kier molecular flexibility index (Phi) is 5.46. The number of thiophene rings is 1. The highest BCUT2D eigenvalue weighted by Gasteiger charge is 2.24. The molecule has 6 heteroatoms. The largest absolute Gasteiger partial charge is 0.490 e. The second kappa shape index (κ2) is 8.38. The van der Waals surface area contributed by atoms with E-state index in [4.69, 9.17) is 9.15 Å². The van der Waals surface area contributed by atoms with Crippen molar-refractivity contribution in [3.63, 3.8) is 0 Å². The molecule has 4 aromatic rings. The molecule has 0 aliphatic carbocycles. The zero-order valence-corrected chi connectivity index (χ0v) is 17.4. The van der Waals surface area contributed by atoms with Crippen LogP contribution in [0.3, 0.4) is 0 Å². The van der Waals surface area contributed by atoms with Gasteiger partial charge in [0.1, 0.15) is 29.9 Å². The molecule has 3 heterocycles. The lowest BCUT2D eigenvalue weighted by molar-refractivity contribution is 0.0600. The lowest BCUT2D eigenvalue weighted by Gasteiger charge is -2.32. The van der Waals surface area contributed by atoms with E-state index in [1.807, 2.05) is 30.3 Å². The maximum absolute atomic E-state index is 13.5. The van der Waals surface area contributed by atoms with E-state index in [-0.39, 0.29) is 12.4 Å². The monoisotopic (exact) mass is 425 g/mol. The molecule has 1 atom stereocenters. The Morgan fingerprint density at radius 2 is 2.03 bits per heavy atom. The lowest BCUT2D eigenvalue weighted by atomic mass is 9.95. The van der Waals surface area contributed by atoms with Gasteiger partial charge in [-0.25, -0.2) is 4.39 Å². The minimum atomic E-state index is -0.545. The zero-order chi connectivity index (χ0) is 20.5. The molecule has 0 amide bonds. The Labute approximate surface area is 178 Å². The van der Waals surface area contributed by atoms with Crippen molar-refractivity contribution in [3.8, 4) is 5.75 Å². The standard InChI is InChI=1S/C24H24FNO3S/c25-18-5-4-17-12-23(30-24(17)13-18)16-6-9-26(10-7-16)14-19(27)15-29-22-3-1-2-21-20(22)8-11-28-21/h1-5,8,11-13,16,19,27H,6-7,9-10,14-15H2/t19-/m0/s1. The topological polar surface area (TPSA) is 45.8 Å². The Bertz CT molecular complexity index is 1150. The van der Waals surface area contributed by atoms with Crippen LogP contribution in [0.15, 0.2) is 59.2 Å². The number of fused-ring (bicyclic) bond motifs is 2. The fourth-order valence-corrected chi connectivity index (χ4v) is 5.51. The minimum absolute atomic E-state index is 0.175. The van der Waals surface area contributed by atoms with Crippen LogP contribution in [0.1, 0.15) is 23.6 Å². The van der Waals surface area contributed by atoms with Crippen LogP contribution >= 0.6 is 11.3 Å². The molecule has 1 saturated heterocycles. The molecule has 0 saturated carbocycles. The molecule has 0 unspecified atom stereocenters. The molecule has 30 heavy (non-hydrogen) atoms. The molecule has 1 aliphatic rings. The van der Waals surface area contributed by atoms with Crippen molar-refractivity contribution < 1.29 is 18.7 Å². The first kappa shape index (κ1) is 19.5. The zero-order valence-electron chi connectivity index (χ0n) is 16.6. The summed E-state index contributed by atoms with van der Waals surface area (Å²) in [4.78, 5) is 3.64. The number of benzene rings is 2. The third-order valence-electron chi connectivity index (χ3n) is 5.85. The number of halogens is 1. The summed E-state index contributed by atoms with van der Waals surface area (Å²) in [6.07, 6.45) is 3.20. The van der Waals surface area contributed by atoms with Gasteiger partial charge < -0.3 is 19.2 Å². The maximum Gasteiger partial charge on any atom is 0.137 e. The van der Waals surface area contributed by atoms with E-state index in [1.54, 1.807) is 23.7 Å². The summed E-state index contributed by atoms with van der Waals surface area (Å²) in [5, 5.41) is 12.5. The third-order valence-corrected chi connectivity index (χ3v) is 7.11. The van der Waals surface area contributed by atoms with Gasteiger partial charge in [0, 0.05) is 16.1 Å². The average molecular weight is 426 g/mol. The molecule has 1 aliphatic heterocycles. The van der Waals surface area contributed by atoms with Gasteiger partial charge in [0.25, 0.3) is 0 Å². The van der Waals surface area contributed by atoms with E-state index < -0.39 is 6.10 Å². The molecular formula is C24H24FNO3S. The SMILES string of the molecule is O[C@H](COc1cccc2occc12)CN1CCC(c2cc3ccc(F)cc3s2)CC1. The van der Waals surface area contributed by atoms with Crippen molar-refractivity contribution in [2.75, 3.05) is 26.2 Å². The van der Waals surface area contributed by atoms with Gasteiger partial charge in [0.15, 0.2) is 0 Å². The van der Waals surface area contributed by atoms with E-state index in [0.717, 1.165) is 52.7 Å². The molecule has 0 bridgehead atoms. The molecule has 0 radical (unpaired) electrons. The number of likely N-dealkylation sites (tertiary alicyclic amines) is 1. The van der Waals surface area contributed by atoms with Crippen LogP contribution in [0.25, 0.3) is 21.1 Å². The highest BCUT2D eigenvalue weighted by Crippen LogP contribution is 2.36. The van der Waals surface area contributed by atoms with Crippen LogP contribution in [0.4, 0.5) is 4.39 Å². The average Bonchev–Trinajstić information content (AvgIpc) is 3.39. The summed E-state index contributed by atoms with van der Waals surface area (Å²) < 4.78 is 25.7. The molecule has 4 nitrogen and oxygen atoms in total. The van der Waals surface area contributed by atoms with Crippen LogP contribution in [0.5, 0.6) is 5.75 Å². The lowest BCUT2D eigenvalue weighted by Crippen LogP contribution is -2.40. The molecule has 2 aromatic heterocycles. The first-order chi connectivity index (χ1) is 14.7. The number of nitrogens with zero attached hydrogens (tertiary/aromatic N) is 1. The molecule has 5 rings (SSSR count). The third kappa shape index (κ3) is 4.08. The normalized spacial score (nSPS) is 17.0. The van der Waals surface area contributed by atoms with Gasteiger partial charge in [0.05, 0.1) is 11.6 Å². The van der Waals surface area contributed by atoms with E-state index in [0.29, 0.717) is 12.5 Å². The van der Waals surface area contributed by atoms with E-state index in [1.165, 1.54) is 10.9 Å². The molecule has 0 spiro atoms. The number of hydrogen-bond acceptors (Lipinski definition) is 5. The van der Waals surface area contributed by atoms with E-state index >= 15 is 0 Å². The number of aliphatic hydroxyl groups is 1. The number of piperidine rings is 1. The van der Waals surface area contributed by atoms with Gasteiger partial charge in [-0.05, 0) is 73.6 Å². The Hall–Kier alpha value is -2.41. The number of ether oxygens (including phenoxy) is 1. The Balaban J connectivity index is 1.13. The molecule has 156 valence electrons. The smallest absolute Gasteiger partial charge is 0.137 e. The van der Waals surface area contributed by atoms with Crippen LogP contribution in [0.2, 0.25) is 0 Å². The predicted octanol–water partition coefficient (Wildman–Crippen LogP) is 5.41. The summed E-state index contributed by atoms with van der Waals surface area (Å²) in [5.74, 6) is 1.07. The van der Waals surface area contributed by atoms with Gasteiger partial charge in [-0.2, -0.15) is 0 Å². The molecule has 1 fully saturated rings. The maximum atomic E-state index is 13.5. The van der Waals surface area contributed by atoms with Gasteiger partial charge in [-0.15, -0.1) is 11.3 Å². The summed E-state index contributed by atoms with van der Waals surface area (Å²) in [6.45, 7) is 2.75. The van der Waals surface area contributed by atoms with Crippen LogP contribution in [0, 0.1) is 5.82 Å². The first-order valence-corrected chi connectivity index (χ1v) is 11.2. The summed E-state index contributed by atoms with van der Waals surface area (Å²) in [6, 6.07) is 14.8. The quantitative estimate of drug-likeness (QED) is 0.449.